The molecule has 0 spiro atoms. The quantitative estimate of drug-likeness (QED) is 0.499. The van der Waals surface area contributed by atoms with Crippen molar-refractivity contribution in [2.75, 3.05) is 0 Å². The van der Waals surface area contributed by atoms with E-state index in [9.17, 15) is 0 Å². The van der Waals surface area contributed by atoms with Crippen molar-refractivity contribution in [2.24, 2.45) is 5.41 Å². The summed E-state index contributed by atoms with van der Waals surface area (Å²) in [7, 11) is -1.51. The zero-order valence-corrected chi connectivity index (χ0v) is 14.2. The SMILES string of the molecule is C=C(C(Cl)(c1ccccc1)C(C)(C)C)[Si](C)(C)C. The molecule has 1 aromatic carbocycles. The number of benzene rings is 1. The molecule has 1 unspecified atom stereocenters. The van der Waals surface area contributed by atoms with Gasteiger partial charge in [-0.05, 0) is 11.0 Å². The largest absolute Gasteiger partial charge is 0.109 e. The first kappa shape index (κ1) is 15.5. The van der Waals surface area contributed by atoms with Crippen LogP contribution in [-0.4, -0.2) is 8.07 Å². The third kappa shape index (κ3) is 2.72. The number of hydrogen-bond acceptors (Lipinski definition) is 0. The summed E-state index contributed by atoms with van der Waals surface area (Å²) >= 11 is 7.11. The molecule has 2 heteroatoms. The standard InChI is InChI=1S/C16H25ClSi/c1-13(18(5,6)7)16(17,15(2,3)4)14-11-9-8-10-12-14/h8-12H,1H2,2-7H3. The third-order valence-corrected chi connectivity index (χ3v) is 6.88. The van der Waals surface area contributed by atoms with Gasteiger partial charge in [0.15, 0.2) is 0 Å². The van der Waals surface area contributed by atoms with E-state index < -0.39 is 12.9 Å². The highest BCUT2D eigenvalue weighted by atomic mass is 35.5. The molecule has 0 N–H and O–H groups in total. The Morgan fingerprint density at radius 3 is 1.83 bits per heavy atom. The van der Waals surface area contributed by atoms with Gasteiger partial charge in [-0.2, -0.15) is 0 Å². The monoisotopic (exact) mass is 280 g/mol. The number of alkyl halides is 1. The number of allylic oxidation sites excluding steroid dienone is 1. The van der Waals surface area contributed by atoms with Crippen LogP contribution in [0.15, 0.2) is 42.1 Å². The maximum atomic E-state index is 7.11. The molecule has 0 aliphatic carbocycles. The van der Waals surface area contributed by atoms with Gasteiger partial charge in [-0.25, -0.2) is 0 Å². The molecule has 0 fully saturated rings. The van der Waals surface area contributed by atoms with Crippen molar-refractivity contribution in [3.8, 4) is 0 Å². The predicted octanol–water partition coefficient (Wildman–Crippen LogP) is 5.60. The van der Waals surface area contributed by atoms with Crippen molar-refractivity contribution in [3.05, 3.63) is 47.7 Å². The van der Waals surface area contributed by atoms with E-state index in [-0.39, 0.29) is 5.41 Å². The molecule has 0 saturated heterocycles. The Hall–Kier alpha value is -0.533. The Morgan fingerprint density at radius 2 is 1.50 bits per heavy atom. The van der Waals surface area contributed by atoms with Gasteiger partial charge in [0, 0.05) is 0 Å². The minimum Gasteiger partial charge on any atom is -0.109 e. The molecule has 0 bridgehead atoms. The van der Waals surface area contributed by atoms with E-state index in [2.05, 4.69) is 71.3 Å². The van der Waals surface area contributed by atoms with Crippen LogP contribution in [0.4, 0.5) is 0 Å². The van der Waals surface area contributed by atoms with Gasteiger partial charge in [0.1, 0.15) is 0 Å². The molecule has 0 saturated carbocycles. The van der Waals surface area contributed by atoms with Gasteiger partial charge in [-0.3, -0.25) is 0 Å². The van der Waals surface area contributed by atoms with E-state index in [0.717, 1.165) is 5.56 Å². The summed E-state index contributed by atoms with van der Waals surface area (Å²) in [6.07, 6.45) is 0. The second kappa shape index (κ2) is 4.86. The summed E-state index contributed by atoms with van der Waals surface area (Å²) < 4.78 is 0. The van der Waals surface area contributed by atoms with Crippen molar-refractivity contribution in [1.82, 2.24) is 0 Å². The van der Waals surface area contributed by atoms with Crippen LogP contribution >= 0.6 is 11.6 Å². The Balaban J connectivity index is 3.44. The van der Waals surface area contributed by atoms with E-state index >= 15 is 0 Å². The van der Waals surface area contributed by atoms with Crippen LogP contribution in [0.3, 0.4) is 0 Å². The smallest absolute Gasteiger partial charge is 0.0915 e. The molecular weight excluding hydrogens is 256 g/mol. The summed E-state index contributed by atoms with van der Waals surface area (Å²) in [6.45, 7) is 17.9. The minimum atomic E-state index is -1.51. The molecule has 1 rings (SSSR count). The molecule has 0 nitrogen and oxygen atoms in total. The van der Waals surface area contributed by atoms with E-state index in [0.29, 0.717) is 0 Å². The van der Waals surface area contributed by atoms with Gasteiger partial charge in [-0.15, -0.1) is 18.2 Å². The lowest BCUT2D eigenvalue weighted by Gasteiger charge is -2.45. The zero-order chi connectivity index (χ0) is 14.2. The van der Waals surface area contributed by atoms with Crippen LogP contribution < -0.4 is 0 Å². The lowest BCUT2D eigenvalue weighted by molar-refractivity contribution is 0.320. The summed E-state index contributed by atoms with van der Waals surface area (Å²) in [5, 5.41) is 1.20. The Labute approximate surface area is 118 Å². The van der Waals surface area contributed by atoms with E-state index in [1.807, 2.05) is 6.07 Å². The molecule has 100 valence electrons. The minimum absolute atomic E-state index is 0.0622. The van der Waals surface area contributed by atoms with E-state index in [1.165, 1.54) is 5.20 Å². The van der Waals surface area contributed by atoms with Crippen molar-refractivity contribution >= 4 is 19.7 Å². The molecule has 18 heavy (non-hydrogen) atoms. The van der Waals surface area contributed by atoms with Gasteiger partial charge in [0.2, 0.25) is 0 Å². The van der Waals surface area contributed by atoms with Crippen LogP contribution in [0.1, 0.15) is 26.3 Å². The van der Waals surface area contributed by atoms with Gasteiger partial charge in [-0.1, -0.05) is 75.9 Å². The predicted molar refractivity (Wildman–Crippen MR) is 85.9 cm³/mol. The summed E-state index contributed by atoms with van der Waals surface area (Å²) in [4.78, 5) is -0.487. The first-order valence-corrected chi connectivity index (χ1v) is 10.3. The molecule has 0 amide bonds. The number of halogens is 1. The van der Waals surface area contributed by atoms with Crippen LogP contribution in [-0.2, 0) is 4.87 Å². The van der Waals surface area contributed by atoms with Gasteiger partial charge < -0.3 is 0 Å². The normalized spacial score (nSPS) is 16.2. The lowest BCUT2D eigenvalue weighted by Crippen LogP contribution is -2.44. The second-order valence-electron chi connectivity index (χ2n) is 7.00. The Bertz CT molecular complexity index is 423. The zero-order valence-electron chi connectivity index (χ0n) is 12.5. The van der Waals surface area contributed by atoms with Crippen LogP contribution in [0.5, 0.6) is 0 Å². The molecule has 0 aliphatic rings. The second-order valence-corrected chi connectivity index (χ2v) is 12.7. The molecule has 0 aromatic heterocycles. The molecule has 1 atom stereocenters. The van der Waals surface area contributed by atoms with E-state index in [1.54, 1.807) is 0 Å². The Morgan fingerprint density at radius 1 is 1.06 bits per heavy atom. The fraction of sp³-hybridized carbons (Fsp3) is 0.500. The fourth-order valence-electron chi connectivity index (χ4n) is 2.24. The van der Waals surface area contributed by atoms with Gasteiger partial charge >= 0.3 is 0 Å². The van der Waals surface area contributed by atoms with Gasteiger partial charge in [0.25, 0.3) is 0 Å². The highest BCUT2D eigenvalue weighted by Crippen LogP contribution is 2.52. The molecule has 1 aromatic rings. The lowest BCUT2D eigenvalue weighted by atomic mass is 9.75. The number of rotatable bonds is 3. The van der Waals surface area contributed by atoms with Crippen molar-refractivity contribution in [3.63, 3.8) is 0 Å². The van der Waals surface area contributed by atoms with E-state index in [4.69, 9.17) is 11.6 Å². The topological polar surface area (TPSA) is 0 Å². The average Bonchev–Trinajstić information content (AvgIpc) is 2.25. The molecule has 0 radical (unpaired) electrons. The molecule has 0 heterocycles. The number of hydrogen-bond donors (Lipinski definition) is 0. The van der Waals surface area contributed by atoms with Crippen molar-refractivity contribution in [1.29, 1.82) is 0 Å². The highest BCUT2D eigenvalue weighted by molar-refractivity contribution is 6.84. The van der Waals surface area contributed by atoms with Crippen LogP contribution in [0.2, 0.25) is 19.6 Å². The van der Waals surface area contributed by atoms with Crippen molar-refractivity contribution in [2.45, 2.75) is 45.3 Å². The summed E-state index contributed by atoms with van der Waals surface area (Å²) in [6, 6.07) is 10.4. The summed E-state index contributed by atoms with van der Waals surface area (Å²) in [5.74, 6) is 0. The first-order valence-electron chi connectivity index (χ1n) is 6.45. The van der Waals surface area contributed by atoms with Gasteiger partial charge in [0.05, 0.1) is 12.9 Å². The first-order chi connectivity index (χ1) is 8.01. The maximum Gasteiger partial charge on any atom is 0.0915 e. The molecule has 0 aliphatic heterocycles. The maximum absolute atomic E-state index is 7.11. The Kier molecular flexibility index (Phi) is 4.19. The third-order valence-electron chi connectivity index (χ3n) is 3.53. The van der Waals surface area contributed by atoms with Crippen LogP contribution in [0, 0.1) is 5.41 Å². The van der Waals surface area contributed by atoms with Crippen molar-refractivity contribution < 1.29 is 0 Å². The highest BCUT2D eigenvalue weighted by Gasteiger charge is 2.47. The van der Waals surface area contributed by atoms with Crippen LogP contribution in [0.25, 0.3) is 0 Å². The fourth-order valence-corrected chi connectivity index (χ4v) is 4.77. The average molecular weight is 281 g/mol. The molecular formula is C16H25ClSi. The summed E-state index contributed by atoms with van der Waals surface area (Å²) in [5.41, 5.74) is 1.10.